The normalized spacial score (nSPS) is 47.7. The summed E-state index contributed by atoms with van der Waals surface area (Å²) in [6, 6.07) is 0. The first kappa shape index (κ1) is 29.5. The number of aliphatic hydroxyl groups excluding tert-OH is 1. The van der Waals surface area contributed by atoms with E-state index in [1.807, 2.05) is 0 Å². The second-order valence-electron chi connectivity index (χ2n) is 15.2. The maximum absolute atomic E-state index is 12.9. The topological polar surface area (TPSA) is 85.2 Å². The average molecular weight is 547 g/mol. The van der Waals surface area contributed by atoms with Gasteiger partial charge in [-0.25, -0.2) is 0 Å². The molecule has 0 bridgehead atoms. The van der Waals surface area contributed by atoms with Crippen molar-refractivity contribution in [3.63, 3.8) is 0 Å². The highest BCUT2D eigenvalue weighted by molar-refractivity contribution is 5.66. The van der Waals surface area contributed by atoms with Crippen LogP contribution < -0.4 is 0 Å². The quantitative estimate of drug-likeness (QED) is 0.306. The van der Waals surface area contributed by atoms with Gasteiger partial charge in [0.05, 0.1) is 19.3 Å². The molecule has 4 fully saturated rings. The summed E-state index contributed by atoms with van der Waals surface area (Å²) in [5.41, 5.74) is -0.561. The minimum Gasteiger partial charge on any atom is -0.462 e. The minimum absolute atomic E-state index is 0.0182. The van der Waals surface area contributed by atoms with Crippen molar-refractivity contribution in [3.05, 3.63) is 11.6 Å². The van der Waals surface area contributed by atoms with Gasteiger partial charge in [-0.3, -0.25) is 4.79 Å². The Bertz CT molecular complexity index is 1000. The fraction of sp³-hybridized carbons (Fsp3) is 0.909. The van der Waals surface area contributed by atoms with Crippen molar-refractivity contribution in [1.29, 1.82) is 0 Å². The summed E-state index contributed by atoms with van der Waals surface area (Å²) < 4.78 is 18.3. The van der Waals surface area contributed by atoms with Crippen LogP contribution in [-0.2, 0) is 19.0 Å². The number of fused-ring (bicyclic) bond motifs is 5. The highest BCUT2D eigenvalue weighted by Gasteiger charge is 2.77. The molecule has 6 heteroatoms. The predicted octanol–water partition coefficient (Wildman–Crippen LogP) is 6.18. The van der Waals surface area contributed by atoms with Gasteiger partial charge >= 0.3 is 5.97 Å². The molecule has 1 aliphatic heterocycles. The van der Waals surface area contributed by atoms with E-state index in [4.69, 9.17) is 14.2 Å². The molecule has 0 aromatic carbocycles. The number of hydrogen-bond acceptors (Lipinski definition) is 6. The molecule has 2 N–H and O–H groups in total. The minimum atomic E-state index is -1.32. The smallest absolute Gasteiger partial charge is 0.302 e. The van der Waals surface area contributed by atoms with Gasteiger partial charge in [0.2, 0.25) is 0 Å². The van der Waals surface area contributed by atoms with Gasteiger partial charge in [0.25, 0.3) is 0 Å². The number of hydrogen-bond donors (Lipinski definition) is 2. The van der Waals surface area contributed by atoms with Crippen LogP contribution in [0.1, 0.15) is 113 Å². The Morgan fingerprint density at radius 3 is 2.36 bits per heavy atom. The Balaban J connectivity index is 1.51. The van der Waals surface area contributed by atoms with Gasteiger partial charge in [0.1, 0.15) is 11.7 Å². The van der Waals surface area contributed by atoms with Crippen LogP contribution in [0.25, 0.3) is 0 Å². The van der Waals surface area contributed by atoms with Crippen molar-refractivity contribution in [2.45, 2.75) is 137 Å². The summed E-state index contributed by atoms with van der Waals surface area (Å²) in [6.45, 7) is 18.6. The van der Waals surface area contributed by atoms with Crippen LogP contribution in [0.4, 0.5) is 0 Å². The first-order valence-electron chi connectivity index (χ1n) is 15.6. The van der Waals surface area contributed by atoms with E-state index in [2.05, 4.69) is 54.5 Å². The van der Waals surface area contributed by atoms with E-state index in [9.17, 15) is 15.0 Å². The predicted molar refractivity (Wildman–Crippen MR) is 151 cm³/mol. The lowest BCUT2D eigenvalue weighted by Crippen LogP contribution is -2.67. The molecule has 0 amide bonds. The van der Waals surface area contributed by atoms with Gasteiger partial charge in [0.15, 0.2) is 5.79 Å². The van der Waals surface area contributed by atoms with Gasteiger partial charge in [-0.05, 0) is 73.0 Å². The zero-order chi connectivity index (χ0) is 28.6. The fourth-order valence-electron chi connectivity index (χ4n) is 10.6. The van der Waals surface area contributed by atoms with Crippen molar-refractivity contribution in [2.75, 3.05) is 13.2 Å². The summed E-state index contributed by atoms with van der Waals surface area (Å²) in [5.74, 6) is -0.589. The maximum Gasteiger partial charge on any atom is 0.302 e. The summed E-state index contributed by atoms with van der Waals surface area (Å²) in [5, 5.41) is 24.8. The number of allylic oxidation sites excluding steroid dienone is 1. The number of carbonyl (C=O) groups excluding carboxylic acids is 1. The molecular formula is C33H54O6. The average Bonchev–Trinajstić information content (AvgIpc) is 3.40. The molecule has 6 nitrogen and oxygen atoms in total. The molecule has 0 spiro atoms. The lowest BCUT2D eigenvalue weighted by Gasteiger charge is -2.69. The monoisotopic (exact) mass is 546 g/mol. The van der Waals surface area contributed by atoms with Crippen LogP contribution in [0.15, 0.2) is 11.6 Å². The number of ether oxygens (including phenoxy) is 3. The second-order valence-corrected chi connectivity index (χ2v) is 15.2. The molecule has 1 unspecified atom stereocenters. The van der Waals surface area contributed by atoms with Crippen LogP contribution in [0.3, 0.4) is 0 Å². The third-order valence-corrected chi connectivity index (χ3v) is 13.4. The van der Waals surface area contributed by atoms with Crippen LogP contribution in [0.2, 0.25) is 0 Å². The van der Waals surface area contributed by atoms with Gasteiger partial charge in [-0.1, -0.05) is 60.1 Å². The van der Waals surface area contributed by atoms with Gasteiger partial charge in [-0.15, -0.1) is 0 Å². The van der Waals surface area contributed by atoms with E-state index in [0.717, 1.165) is 51.4 Å². The molecule has 5 aliphatic rings. The molecule has 222 valence electrons. The standard InChI is InChI=1S/C33H54O6/c1-21(2)11-14-32(37-17-18-38-32)22(3)33(36)27(35)20-30(7)26-10-9-24-19-25(39-23(4)34)12-13-28(24,5)29(26,6)15-16-31(30,33)8/h9,21-22,25-27,35-36H,10-20H2,1-8H3/t22-,25+,26?,27+,28+,29+,30+,31+,33-/m1/s1. The van der Waals surface area contributed by atoms with E-state index < -0.39 is 22.9 Å². The Hall–Kier alpha value is -0.950. The lowest BCUT2D eigenvalue weighted by atomic mass is 9.36. The fourth-order valence-corrected chi connectivity index (χ4v) is 10.6. The van der Waals surface area contributed by atoms with Crippen molar-refractivity contribution in [3.8, 4) is 0 Å². The van der Waals surface area contributed by atoms with Crippen LogP contribution in [0, 0.1) is 39.4 Å². The SMILES string of the molecule is CC(=O)O[C@H]1CC[C@@]2(C)C(=CCC3[C@]4(C)C[C@H](O)[C@](O)([C@H](C)C5(CCC(C)C)OCCO5)[C@@]4(C)CC[C@@]32C)C1. The molecule has 39 heavy (non-hydrogen) atoms. The third kappa shape index (κ3) is 3.90. The zero-order valence-corrected chi connectivity index (χ0v) is 25.8. The summed E-state index contributed by atoms with van der Waals surface area (Å²) >= 11 is 0. The second kappa shape index (κ2) is 9.54. The van der Waals surface area contributed by atoms with E-state index in [1.54, 1.807) is 0 Å². The molecule has 4 aliphatic carbocycles. The van der Waals surface area contributed by atoms with Gasteiger partial charge in [0, 0.05) is 31.1 Å². The molecule has 3 saturated carbocycles. The molecule has 1 saturated heterocycles. The molecule has 0 radical (unpaired) electrons. The van der Waals surface area contributed by atoms with E-state index in [1.165, 1.54) is 12.5 Å². The number of esters is 1. The van der Waals surface area contributed by atoms with Crippen LogP contribution in [0.5, 0.6) is 0 Å². The molecule has 9 atom stereocenters. The third-order valence-electron chi connectivity index (χ3n) is 13.4. The van der Waals surface area contributed by atoms with Crippen LogP contribution in [-0.4, -0.2) is 53.0 Å². The van der Waals surface area contributed by atoms with Crippen molar-refractivity contribution in [2.24, 2.45) is 39.4 Å². The number of aliphatic hydroxyl groups is 2. The summed E-state index contributed by atoms with van der Waals surface area (Å²) in [7, 11) is 0. The largest absolute Gasteiger partial charge is 0.462 e. The van der Waals surface area contributed by atoms with E-state index >= 15 is 0 Å². The Morgan fingerprint density at radius 2 is 1.74 bits per heavy atom. The van der Waals surface area contributed by atoms with Gasteiger partial charge in [-0.2, -0.15) is 0 Å². The zero-order valence-electron chi connectivity index (χ0n) is 25.8. The first-order valence-corrected chi connectivity index (χ1v) is 15.6. The highest BCUT2D eigenvalue weighted by atomic mass is 16.7. The Labute approximate surface area is 236 Å². The Morgan fingerprint density at radius 1 is 1.08 bits per heavy atom. The summed E-state index contributed by atoms with van der Waals surface area (Å²) in [6.07, 6.45) is 9.31. The van der Waals surface area contributed by atoms with E-state index in [-0.39, 0.29) is 34.2 Å². The molecule has 0 aromatic rings. The van der Waals surface area contributed by atoms with Crippen molar-refractivity contribution >= 4 is 5.97 Å². The molecular weight excluding hydrogens is 492 g/mol. The van der Waals surface area contributed by atoms with Crippen LogP contribution >= 0.6 is 0 Å². The number of carbonyl (C=O) groups is 1. The van der Waals surface area contributed by atoms with Crippen molar-refractivity contribution in [1.82, 2.24) is 0 Å². The molecule has 5 rings (SSSR count). The van der Waals surface area contributed by atoms with Gasteiger partial charge < -0.3 is 24.4 Å². The first-order chi connectivity index (χ1) is 18.1. The lowest BCUT2D eigenvalue weighted by molar-refractivity contribution is -0.290. The molecule has 1 heterocycles. The molecule has 0 aromatic heterocycles. The highest BCUT2D eigenvalue weighted by Crippen LogP contribution is 2.77. The Kier molecular flexibility index (Phi) is 7.22. The van der Waals surface area contributed by atoms with E-state index in [0.29, 0.717) is 31.5 Å². The summed E-state index contributed by atoms with van der Waals surface area (Å²) in [4.78, 5) is 11.7. The van der Waals surface area contributed by atoms with Crippen molar-refractivity contribution < 1.29 is 29.2 Å². The maximum atomic E-state index is 12.9. The number of rotatable bonds is 6.